The van der Waals surface area contributed by atoms with Gasteiger partial charge in [0.15, 0.2) is 5.75 Å². The molecule has 1 amide bonds. The Labute approximate surface area is 237 Å². The number of carbonyl (C=O) groups is 1. The molecule has 3 aliphatic heterocycles. The summed E-state index contributed by atoms with van der Waals surface area (Å²) in [6.45, 7) is 5.24. The van der Waals surface area contributed by atoms with Crippen molar-refractivity contribution in [3.8, 4) is 5.75 Å². The smallest absolute Gasteiger partial charge is 0.387 e. The average molecular weight is 565 g/mol. The number of aromatic nitrogens is 2. The van der Waals surface area contributed by atoms with Crippen molar-refractivity contribution >= 4 is 34.7 Å². The van der Waals surface area contributed by atoms with Gasteiger partial charge >= 0.3 is 6.61 Å². The van der Waals surface area contributed by atoms with Crippen molar-refractivity contribution < 1.29 is 18.3 Å². The van der Waals surface area contributed by atoms with Gasteiger partial charge in [-0.1, -0.05) is 12.1 Å². The summed E-state index contributed by atoms with van der Waals surface area (Å²) >= 11 is 0. The lowest BCUT2D eigenvalue weighted by atomic mass is 10.0. The minimum atomic E-state index is -2.98. The zero-order valence-corrected chi connectivity index (χ0v) is 22.9. The molecular weight excluding hydrogens is 530 g/mol. The first kappa shape index (κ1) is 27.2. The summed E-state index contributed by atoms with van der Waals surface area (Å²) < 4.78 is 31.8. The zero-order valence-electron chi connectivity index (χ0n) is 22.9. The molecule has 6 rings (SSSR count). The molecule has 0 bridgehead atoms. The maximum atomic E-state index is 13.4. The number of nitrogens with zero attached hydrogens (tertiary/aromatic N) is 4. The molecule has 3 aromatic rings. The fraction of sp³-hybridized carbons (Fsp3) is 0.414. The molecule has 0 radical (unpaired) electrons. The molecule has 0 unspecified atom stereocenters. The summed E-state index contributed by atoms with van der Waals surface area (Å²) in [4.78, 5) is 26.0. The lowest BCUT2D eigenvalue weighted by Crippen LogP contribution is -2.52. The summed E-state index contributed by atoms with van der Waals surface area (Å²) in [6, 6.07) is 11.4. The zero-order chi connectivity index (χ0) is 28.3. The van der Waals surface area contributed by atoms with Gasteiger partial charge in [-0.05, 0) is 43.5 Å². The normalized spacial score (nSPS) is 17.9. The topological polar surface area (TPSA) is 107 Å². The Morgan fingerprint density at radius 3 is 2.63 bits per heavy atom. The fourth-order valence-electron chi connectivity index (χ4n) is 5.80. The SMILES string of the molecule is Cc1cnc(Nc2ccc(N3CCC(N4CCNCC4)CC3)cc2OC(F)F)nc1Nc1cccc2c1C(=O)NC2. The number of nitrogens with one attached hydrogen (secondary N) is 4. The lowest BCUT2D eigenvalue weighted by Gasteiger charge is -2.41. The molecule has 10 nitrogen and oxygen atoms in total. The molecule has 2 aromatic carbocycles. The van der Waals surface area contributed by atoms with E-state index in [1.807, 2.05) is 31.2 Å². The Bertz CT molecular complexity index is 1410. The third-order valence-electron chi connectivity index (χ3n) is 7.97. The van der Waals surface area contributed by atoms with Crippen LogP contribution in [0.3, 0.4) is 0 Å². The van der Waals surface area contributed by atoms with Gasteiger partial charge in [-0.25, -0.2) is 4.98 Å². The van der Waals surface area contributed by atoms with Gasteiger partial charge in [0.1, 0.15) is 5.82 Å². The number of halogens is 2. The molecule has 216 valence electrons. The first-order chi connectivity index (χ1) is 19.9. The van der Waals surface area contributed by atoms with Gasteiger partial charge in [0.05, 0.1) is 16.9 Å². The number of rotatable bonds is 8. The van der Waals surface area contributed by atoms with Crippen LogP contribution < -0.4 is 30.9 Å². The highest BCUT2D eigenvalue weighted by Gasteiger charge is 2.27. The van der Waals surface area contributed by atoms with E-state index in [4.69, 9.17) is 4.74 Å². The molecule has 4 heterocycles. The van der Waals surface area contributed by atoms with Gasteiger partial charge in [0.25, 0.3) is 5.91 Å². The molecule has 2 saturated heterocycles. The fourth-order valence-corrected chi connectivity index (χ4v) is 5.80. The number of piperidine rings is 1. The predicted octanol–water partition coefficient (Wildman–Crippen LogP) is 3.99. The van der Waals surface area contributed by atoms with E-state index in [0.717, 1.165) is 68.9 Å². The van der Waals surface area contributed by atoms with Gasteiger partial charge in [0, 0.05) is 75.4 Å². The Morgan fingerprint density at radius 2 is 1.85 bits per heavy atom. The van der Waals surface area contributed by atoms with Crippen LogP contribution in [0.2, 0.25) is 0 Å². The summed E-state index contributed by atoms with van der Waals surface area (Å²) in [5, 5.41) is 12.5. The molecule has 2 fully saturated rings. The second-order valence-electron chi connectivity index (χ2n) is 10.6. The number of aryl methyl sites for hydroxylation is 1. The van der Waals surface area contributed by atoms with Crippen LogP contribution in [0.1, 0.15) is 34.3 Å². The number of alkyl halides is 2. The highest BCUT2D eigenvalue weighted by Crippen LogP contribution is 2.35. The summed E-state index contributed by atoms with van der Waals surface area (Å²) in [5.74, 6) is 0.586. The van der Waals surface area contributed by atoms with Gasteiger partial charge in [-0.3, -0.25) is 9.69 Å². The number of hydrogen-bond acceptors (Lipinski definition) is 9. The monoisotopic (exact) mass is 564 g/mol. The Kier molecular flexibility index (Phi) is 7.84. The Morgan fingerprint density at radius 1 is 1.05 bits per heavy atom. The first-order valence-electron chi connectivity index (χ1n) is 14.0. The largest absolute Gasteiger partial charge is 0.433 e. The molecule has 41 heavy (non-hydrogen) atoms. The van der Waals surface area contributed by atoms with E-state index in [1.54, 1.807) is 18.3 Å². The van der Waals surface area contributed by atoms with E-state index >= 15 is 0 Å². The highest BCUT2D eigenvalue weighted by atomic mass is 19.3. The highest BCUT2D eigenvalue weighted by molar-refractivity contribution is 6.04. The van der Waals surface area contributed by atoms with Gasteiger partial charge in [-0.2, -0.15) is 13.8 Å². The van der Waals surface area contributed by atoms with Crippen LogP contribution in [0, 0.1) is 6.92 Å². The Hall–Kier alpha value is -4.03. The number of anilines is 5. The maximum Gasteiger partial charge on any atom is 0.387 e. The summed E-state index contributed by atoms with van der Waals surface area (Å²) in [5.41, 5.74) is 4.06. The van der Waals surface area contributed by atoms with Gasteiger partial charge < -0.3 is 30.9 Å². The van der Waals surface area contributed by atoms with Crippen molar-refractivity contribution in [2.45, 2.75) is 39.0 Å². The van der Waals surface area contributed by atoms with Gasteiger partial charge in [-0.15, -0.1) is 0 Å². The van der Waals surface area contributed by atoms with Crippen LogP contribution >= 0.6 is 0 Å². The number of hydrogen-bond donors (Lipinski definition) is 4. The minimum absolute atomic E-state index is 0.0259. The van der Waals surface area contributed by atoms with Crippen molar-refractivity contribution in [2.75, 3.05) is 54.8 Å². The van der Waals surface area contributed by atoms with Crippen molar-refractivity contribution in [1.82, 2.24) is 25.5 Å². The third kappa shape index (κ3) is 6.03. The number of piperazine rings is 1. The molecule has 0 aliphatic carbocycles. The average Bonchev–Trinajstić information content (AvgIpc) is 3.37. The lowest BCUT2D eigenvalue weighted by molar-refractivity contribution is -0.0493. The summed E-state index contributed by atoms with van der Waals surface area (Å²) in [6.07, 6.45) is 3.69. The standard InChI is InChI=1S/C29H34F2N8O2/c1-18-16-34-29(37-26(18)35-23-4-2-3-19-17-33-27(40)25(19)23)36-22-6-5-21(15-24(22)41-28(30)31)38-11-7-20(8-12-38)39-13-9-32-10-14-39/h2-6,15-16,20,28,32H,7-14,17H2,1H3,(H,33,40)(H2,34,35,36,37). The van der Waals surface area contributed by atoms with Crippen LogP contribution in [-0.4, -0.2) is 72.7 Å². The molecule has 0 spiro atoms. The quantitative estimate of drug-likeness (QED) is 0.323. The molecule has 1 aromatic heterocycles. The van der Waals surface area contributed by atoms with Crippen LogP contribution in [-0.2, 0) is 6.54 Å². The van der Waals surface area contributed by atoms with Crippen LogP contribution in [0.4, 0.5) is 37.6 Å². The second kappa shape index (κ2) is 11.8. The molecule has 0 saturated carbocycles. The van der Waals surface area contributed by atoms with Crippen molar-refractivity contribution in [3.05, 3.63) is 59.3 Å². The van der Waals surface area contributed by atoms with Crippen molar-refractivity contribution in [2.24, 2.45) is 0 Å². The number of fused-ring (bicyclic) bond motifs is 1. The van der Waals surface area contributed by atoms with E-state index in [1.165, 1.54) is 0 Å². The Balaban J connectivity index is 1.18. The predicted molar refractivity (Wildman–Crippen MR) is 154 cm³/mol. The third-order valence-corrected chi connectivity index (χ3v) is 7.97. The minimum Gasteiger partial charge on any atom is -0.433 e. The number of carbonyl (C=O) groups excluding carboxylic acids is 1. The molecule has 4 N–H and O–H groups in total. The van der Waals surface area contributed by atoms with E-state index in [0.29, 0.717) is 35.3 Å². The number of amides is 1. The van der Waals surface area contributed by atoms with Crippen LogP contribution in [0.5, 0.6) is 5.75 Å². The van der Waals surface area contributed by atoms with E-state index in [-0.39, 0.29) is 17.6 Å². The van der Waals surface area contributed by atoms with E-state index in [2.05, 4.69) is 41.0 Å². The summed E-state index contributed by atoms with van der Waals surface area (Å²) in [7, 11) is 0. The first-order valence-corrected chi connectivity index (χ1v) is 14.0. The molecule has 0 atom stereocenters. The molecule has 3 aliphatic rings. The van der Waals surface area contributed by atoms with Gasteiger partial charge in [0.2, 0.25) is 5.95 Å². The maximum absolute atomic E-state index is 13.4. The van der Waals surface area contributed by atoms with Crippen molar-refractivity contribution in [1.29, 1.82) is 0 Å². The number of benzene rings is 2. The number of ether oxygens (including phenoxy) is 1. The van der Waals surface area contributed by atoms with Crippen LogP contribution in [0.15, 0.2) is 42.6 Å². The molecular formula is C29H34F2N8O2. The van der Waals surface area contributed by atoms with Crippen molar-refractivity contribution in [3.63, 3.8) is 0 Å². The second-order valence-corrected chi connectivity index (χ2v) is 10.6. The van der Waals surface area contributed by atoms with E-state index < -0.39 is 6.61 Å². The van der Waals surface area contributed by atoms with Crippen LogP contribution in [0.25, 0.3) is 0 Å². The van der Waals surface area contributed by atoms with E-state index in [9.17, 15) is 13.6 Å². The molecule has 12 heteroatoms.